The molecule has 0 saturated heterocycles. The van der Waals surface area contributed by atoms with Gasteiger partial charge in [0.2, 0.25) is 0 Å². The fourth-order valence-electron chi connectivity index (χ4n) is 9.38. The largest absolute Gasteiger partial charge is 0.226 e. The van der Waals surface area contributed by atoms with Crippen LogP contribution in [0.4, 0.5) is 0 Å². The molecule has 1 aliphatic carbocycles. The Hall–Kier alpha value is -7.71. The Morgan fingerprint density at radius 1 is 0.349 bits per heavy atom. The van der Waals surface area contributed by atoms with Crippen LogP contribution in [0.15, 0.2) is 194 Å². The summed E-state index contributed by atoms with van der Waals surface area (Å²) in [6, 6.07) is 68.4. The number of aromatic nitrogens is 5. The number of hydrogen-bond donors (Lipinski definition) is 0. The Balaban J connectivity index is 0.981. The van der Waals surface area contributed by atoms with Gasteiger partial charge in [-0.25, -0.2) is 24.9 Å². The summed E-state index contributed by atoms with van der Waals surface area (Å²) >= 11 is 3.52. The molecule has 4 heterocycles. The van der Waals surface area contributed by atoms with E-state index in [2.05, 4.69) is 176 Å². The van der Waals surface area contributed by atoms with E-state index >= 15 is 0 Å². The Morgan fingerprint density at radius 3 is 1.79 bits per heavy atom. The van der Waals surface area contributed by atoms with Crippen LogP contribution in [0, 0.1) is 0 Å². The highest BCUT2D eigenvalue weighted by Crippen LogP contribution is 2.51. The van der Waals surface area contributed by atoms with Crippen LogP contribution < -0.4 is 0 Å². The van der Waals surface area contributed by atoms with Gasteiger partial charge in [0.15, 0.2) is 17.5 Å². The summed E-state index contributed by atoms with van der Waals surface area (Å²) < 4.78 is 4.61. The number of hydrogen-bond acceptors (Lipinski definition) is 7. The van der Waals surface area contributed by atoms with Crippen molar-refractivity contribution < 1.29 is 0 Å². The van der Waals surface area contributed by atoms with Gasteiger partial charge in [-0.2, -0.15) is 0 Å². The van der Waals surface area contributed by atoms with Gasteiger partial charge in [0, 0.05) is 52.5 Å². The molecule has 0 radical (unpaired) electrons. The fourth-order valence-corrected chi connectivity index (χ4v) is 11.8. The molecule has 0 N–H and O–H groups in total. The van der Waals surface area contributed by atoms with Crippen molar-refractivity contribution in [3.05, 3.63) is 211 Å². The van der Waals surface area contributed by atoms with Crippen LogP contribution in [0.5, 0.6) is 0 Å². The van der Waals surface area contributed by atoms with E-state index < -0.39 is 0 Å². The molecule has 0 bridgehead atoms. The molecule has 1 atom stereocenters. The normalized spacial score (nSPS) is 13.2. The molecule has 0 aliphatic heterocycles. The van der Waals surface area contributed by atoms with Gasteiger partial charge in [0.25, 0.3) is 0 Å². The first kappa shape index (κ1) is 36.0. The smallest absolute Gasteiger partial charge is 0.163 e. The predicted molar refractivity (Wildman–Crippen MR) is 261 cm³/mol. The first-order valence-corrected chi connectivity index (χ1v) is 22.7. The monoisotopic (exact) mass is 839 g/mol. The highest BCUT2D eigenvalue weighted by molar-refractivity contribution is 7.26. The average molecular weight is 840 g/mol. The first-order chi connectivity index (χ1) is 31.2. The lowest BCUT2D eigenvalue weighted by atomic mass is 9.92. The third-order valence-corrected chi connectivity index (χ3v) is 14.6. The molecule has 8 aromatic carbocycles. The number of fused-ring (bicyclic) bond motifs is 9. The zero-order chi connectivity index (χ0) is 41.4. The summed E-state index contributed by atoms with van der Waals surface area (Å²) in [4.78, 5) is 26.5. The van der Waals surface area contributed by atoms with E-state index in [1.165, 1.54) is 48.9 Å². The molecule has 13 rings (SSSR count). The SMILES string of the molecule is c1ccc(-c2nc(-c3ccc4c(c3)sc3c(-c5nc(-c6ccccc6)c6sc7ccccc7c6n5)cccc34)nc(C3c4ccccc4-c4c(-c5ccccc5)cccc43)n2)cc1. The van der Waals surface area contributed by atoms with Crippen molar-refractivity contribution in [2.45, 2.75) is 5.92 Å². The summed E-state index contributed by atoms with van der Waals surface area (Å²) in [5.74, 6) is 2.59. The molecule has 0 saturated carbocycles. The van der Waals surface area contributed by atoms with Crippen molar-refractivity contribution in [3.63, 3.8) is 0 Å². The quantitative estimate of drug-likeness (QED) is 0.167. The van der Waals surface area contributed by atoms with E-state index in [1.807, 2.05) is 18.2 Å². The second-order valence-electron chi connectivity index (χ2n) is 15.9. The van der Waals surface area contributed by atoms with Gasteiger partial charge in [0.05, 0.1) is 21.8 Å². The van der Waals surface area contributed by atoms with Crippen molar-refractivity contribution in [1.29, 1.82) is 0 Å². The molecule has 294 valence electrons. The topological polar surface area (TPSA) is 64.5 Å². The van der Waals surface area contributed by atoms with Crippen molar-refractivity contribution >= 4 is 63.1 Å². The van der Waals surface area contributed by atoms with E-state index in [-0.39, 0.29) is 5.92 Å². The van der Waals surface area contributed by atoms with Crippen molar-refractivity contribution in [3.8, 4) is 67.7 Å². The van der Waals surface area contributed by atoms with Gasteiger partial charge in [0.1, 0.15) is 5.82 Å². The van der Waals surface area contributed by atoms with Crippen molar-refractivity contribution in [1.82, 2.24) is 24.9 Å². The Bertz CT molecular complexity index is 3750. The Morgan fingerprint density at radius 2 is 0.968 bits per heavy atom. The second-order valence-corrected chi connectivity index (χ2v) is 18.0. The lowest BCUT2D eigenvalue weighted by molar-refractivity contribution is 0.856. The minimum absolute atomic E-state index is 0.168. The van der Waals surface area contributed by atoms with Crippen LogP contribution in [-0.4, -0.2) is 24.9 Å². The minimum Gasteiger partial charge on any atom is -0.226 e. The lowest BCUT2D eigenvalue weighted by Crippen LogP contribution is -2.09. The summed E-state index contributed by atoms with van der Waals surface area (Å²) in [7, 11) is 0. The maximum atomic E-state index is 5.39. The van der Waals surface area contributed by atoms with Crippen LogP contribution in [0.3, 0.4) is 0 Å². The molecule has 4 aromatic heterocycles. The molecular weight excluding hydrogens is 807 g/mol. The average Bonchev–Trinajstić information content (AvgIpc) is 4.04. The molecule has 0 spiro atoms. The van der Waals surface area contributed by atoms with Gasteiger partial charge in [-0.15, -0.1) is 22.7 Å². The molecule has 0 amide bonds. The standard InChI is InChI=1S/C56H33N5S2/c1-4-16-33(17-5-1)37-25-14-27-43-47(37)39-22-10-11-23-40(39)48(43)56-60-53(35-20-8-3-9-21-35)59-54(61-56)36-30-31-38-41-26-15-28-44(51(41)63-46(38)32-36)55-57-49(34-18-6-2-7-19-34)52-50(58-55)42-24-12-13-29-45(42)62-52/h1-32,48H. The Labute approximate surface area is 370 Å². The summed E-state index contributed by atoms with van der Waals surface area (Å²) in [5, 5.41) is 3.50. The van der Waals surface area contributed by atoms with Gasteiger partial charge in [-0.3, -0.25) is 0 Å². The molecule has 63 heavy (non-hydrogen) atoms. The molecular formula is C56H33N5S2. The molecule has 1 aliphatic rings. The Kier molecular flexibility index (Phi) is 8.26. The number of benzene rings is 8. The van der Waals surface area contributed by atoms with E-state index in [0.29, 0.717) is 11.6 Å². The van der Waals surface area contributed by atoms with Crippen LogP contribution in [0.1, 0.15) is 22.9 Å². The van der Waals surface area contributed by atoms with E-state index in [0.717, 1.165) is 64.6 Å². The predicted octanol–water partition coefficient (Wildman–Crippen LogP) is 14.9. The molecule has 7 heteroatoms. The van der Waals surface area contributed by atoms with Crippen LogP contribution in [0.2, 0.25) is 0 Å². The van der Waals surface area contributed by atoms with Crippen molar-refractivity contribution in [2.75, 3.05) is 0 Å². The molecule has 0 fully saturated rings. The summed E-state index contributed by atoms with van der Waals surface area (Å²) in [6.45, 7) is 0. The van der Waals surface area contributed by atoms with Gasteiger partial charge in [-0.05, 0) is 51.6 Å². The highest BCUT2D eigenvalue weighted by atomic mass is 32.1. The zero-order valence-electron chi connectivity index (χ0n) is 33.6. The lowest BCUT2D eigenvalue weighted by Gasteiger charge is -2.16. The summed E-state index contributed by atoms with van der Waals surface area (Å²) in [6.07, 6.45) is 0. The van der Waals surface area contributed by atoms with Crippen molar-refractivity contribution in [2.24, 2.45) is 0 Å². The molecule has 5 nitrogen and oxygen atoms in total. The zero-order valence-corrected chi connectivity index (χ0v) is 35.2. The van der Waals surface area contributed by atoms with E-state index in [9.17, 15) is 0 Å². The first-order valence-electron chi connectivity index (χ1n) is 21.0. The third-order valence-electron chi connectivity index (χ3n) is 12.2. The maximum Gasteiger partial charge on any atom is 0.163 e. The fraction of sp³-hybridized carbons (Fsp3) is 0.0179. The van der Waals surface area contributed by atoms with E-state index in [1.54, 1.807) is 22.7 Å². The van der Waals surface area contributed by atoms with Gasteiger partial charge in [-0.1, -0.05) is 176 Å². The van der Waals surface area contributed by atoms with Crippen LogP contribution in [-0.2, 0) is 0 Å². The third kappa shape index (κ3) is 5.85. The number of nitrogens with zero attached hydrogens (tertiary/aromatic N) is 5. The highest BCUT2D eigenvalue weighted by Gasteiger charge is 2.34. The van der Waals surface area contributed by atoms with Crippen LogP contribution in [0.25, 0.3) is 108 Å². The molecule has 1 unspecified atom stereocenters. The van der Waals surface area contributed by atoms with E-state index in [4.69, 9.17) is 24.9 Å². The minimum atomic E-state index is -0.168. The second kappa shape index (κ2) is 14.5. The summed E-state index contributed by atoms with van der Waals surface area (Å²) in [5.41, 5.74) is 13.2. The number of rotatable bonds is 6. The maximum absolute atomic E-state index is 5.39. The van der Waals surface area contributed by atoms with Gasteiger partial charge >= 0.3 is 0 Å². The molecule has 12 aromatic rings. The number of thiophene rings is 2. The van der Waals surface area contributed by atoms with Gasteiger partial charge < -0.3 is 0 Å². The van der Waals surface area contributed by atoms with Crippen LogP contribution >= 0.6 is 22.7 Å².